The minimum Gasteiger partial charge on any atom is -0.412 e. The van der Waals surface area contributed by atoms with E-state index in [0.717, 1.165) is 5.46 Å². The molecule has 0 aliphatic heterocycles. The maximum Gasteiger partial charge on any atom is 0.141 e. The van der Waals surface area contributed by atoms with Crippen LogP contribution in [0.4, 0.5) is 4.39 Å². The zero-order valence-corrected chi connectivity index (χ0v) is 6.74. The second-order valence-electron chi connectivity index (χ2n) is 1.92. The van der Waals surface area contributed by atoms with Crippen LogP contribution in [0.5, 0.6) is 0 Å². The van der Waals surface area contributed by atoms with Gasteiger partial charge in [-0.3, -0.25) is 0 Å². The second-order valence-corrected chi connectivity index (χ2v) is 2.32. The van der Waals surface area contributed by atoms with E-state index in [4.69, 9.17) is 11.6 Å². The molecular weight excluding hydrogens is 169 g/mol. The van der Waals surface area contributed by atoms with Gasteiger partial charge in [-0.15, -0.1) is 0 Å². The summed E-state index contributed by atoms with van der Waals surface area (Å²) in [5, 5.41) is 0.181. The lowest BCUT2D eigenvalue weighted by molar-refractivity contribution is 0.629. The summed E-state index contributed by atoms with van der Waals surface area (Å²) in [6.07, 6.45) is 0. The maximum absolute atomic E-state index is 12.4. The van der Waals surface area contributed by atoms with Gasteiger partial charge < -0.3 is 11.0 Å². The van der Waals surface area contributed by atoms with E-state index in [1.165, 1.54) is 6.07 Å². The van der Waals surface area contributed by atoms with Crippen molar-refractivity contribution in [1.29, 1.82) is 0 Å². The van der Waals surface area contributed by atoms with Crippen molar-refractivity contribution < 1.29 is 15.3 Å². The second kappa shape index (κ2) is 5.13. The van der Waals surface area contributed by atoms with Crippen molar-refractivity contribution >= 4 is 24.9 Å². The van der Waals surface area contributed by atoms with Crippen molar-refractivity contribution in [2.24, 2.45) is 0 Å². The third-order valence-electron chi connectivity index (χ3n) is 1.08. The van der Waals surface area contributed by atoms with Crippen molar-refractivity contribution in [2.75, 3.05) is 0 Å². The Kier molecular flexibility index (Phi) is 6.08. The van der Waals surface area contributed by atoms with E-state index in [9.17, 15) is 4.39 Å². The summed E-state index contributed by atoms with van der Waals surface area (Å²) in [7, 11) is 1.82. The molecule has 1 aromatic carbocycles. The molecule has 0 aliphatic carbocycles. The van der Waals surface area contributed by atoms with Gasteiger partial charge in [0.15, 0.2) is 0 Å². The highest BCUT2D eigenvalue weighted by atomic mass is 35.5. The fourth-order valence-electron chi connectivity index (χ4n) is 0.601. The molecular formula is C6H9BClFO2. The summed E-state index contributed by atoms with van der Waals surface area (Å²) < 4.78 is 12.4. The zero-order chi connectivity index (χ0) is 6.85. The van der Waals surface area contributed by atoms with Crippen molar-refractivity contribution in [1.82, 2.24) is 0 Å². The first-order chi connectivity index (χ1) is 4.20. The van der Waals surface area contributed by atoms with Crippen molar-refractivity contribution in [3.8, 4) is 0 Å². The molecule has 0 heterocycles. The van der Waals surface area contributed by atoms with E-state index in [1.54, 1.807) is 12.1 Å². The minimum atomic E-state index is -0.350. The van der Waals surface area contributed by atoms with Crippen LogP contribution in [-0.4, -0.2) is 18.8 Å². The molecule has 0 aromatic heterocycles. The molecule has 2 nitrogen and oxygen atoms in total. The Labute approximate surface area is 70.0 Å². The summed E-state index contributed by atoms with van der Waals surface area (Å²) in [4.78, 5) is 0. The number of halogens is 2. The van der Waals surface area contributed by atoms with Gasteiger partial charge in [-0.05, 0) is 12.1 Å². The van der Waals surface area contributed by atoms with E-state index in [0.29, 0.717) is 0 Å². The molecule has 0 saturated heterocycles. The first-order valence-corrected chi connectivity index (χ1v) is 2.99. The van der Waals surface area contributed by atoms with Crippen molar-refractivity contribution in [2.45, 2.75) is 0 Å². The Morgan fingerprint density at radius 3 is 2.18 bits per heavy atom. The summed E-state index contributed by atoms with van der Waals surface area (Å²) >= 11 is 5.41. The lowest BCUT2D eigenvalue weighted by Gasteiger charge is -1.93. The summed E-state index contributed by atoms with van der Waals surface area (Å²) in [5.41, 5.74) is 0.886. The van der Waals surface area contributed by atoms with Crippen LogP contribution in [0.15, 0.2) is 18.2 Å². The van der Waals surface area contributed by atoms with Crippen LogP contribution >= 0.6 is 11.6 Å². The van der Waals surface area contributed by atoms with Crippen LogP contribution < -0.4 is 5.46 Å². The van der Waals surface area contributed by atoms with E-state index in [2.05, 4.69) is 0 Å². The molecule has 5 heteroatoms. The molecule has 11 heavy (non-hydrogen) atoms. The molecule has 0 fully saturated rings. The van der Waals surface area contributed by atoms with Crippen LogP contribution in [0.1, 0.15) is 0 Å². The average molecular weight is 178 g/mol. The Bertz CT molecular complexity index is 232. The fraction of sp³-hybridized carbons (Fsp3) is 0. The summed E-state index contributed by atoms with van der Waals surface area (Å²) in [6.45, 7) is 0. The highest BCUT2D eigenvalue weighted by Gasteiger charge is 1.95. The van der Waals surface area contributed by atoms with Gasteiger partial charge in [-0.1, -0.05) is 23.1 Å². The number of benzene rings is 1. The van der Waals surface area contributed by atoms with Crippen LogP contribution in [-0.2, 0) is 0 Å². The Morgan fingerprint density at radius 1 is 1.27 bits per heavy atom. The Hall–Kier alpha value is -0.575. The number of hydrogen-bond donors (Lipinski definition) is 0. The van der Waals surface area contributed by atoms with E-state index >= 15 is 0 Å². The minimum absolute atomic E-state index is 0. The topological polar surface area (TPSA) is 63.0 Å². The molecule has 0 unspecified atom stereocenters. The van der Waals surface area contributed by atoms with Crippen LogP contribution in [0.2, 0.25) is 5.02 Å². The molecule has 0 aliphatic rings. The smallest absolute Gasteiger partial charge is 0.141 e. The maximum atomic E-state index is 12.4. The monoisotopic (exact) mass is 178 g/mol. The molecule has 1 aromatic rings. The molecule has 62 valence electrons. The average Bonchev–Trinajstić information content (AvgIpc) is 1.80. The van der Waals surface area contributed by atoms with Crippen molar-refractivity contribution in [3.63, 3.8) is 0 Å². The fourth-order valence-corrected chi connectivity index (χ4v) is 0.719. The van der Waals surface area contributed by atoms with Gasteiger partial charge in [-0.2, -0.15) is 0 Å². The highest BCUT2D eigenvalue weighted by Crippen LogP contribution is 2.10. The molecule has 4 N–H and O–H groups in total. The standard InChI is InChI=1S/C6H5BClF.2H2O/c7-4-1-2-5(8)6(9)3-4;;/h1-3H,7H2;2*1H2. The van der Waals surface area contributed by atoms with Gasteiger partial charge in [0.25, 0.3) is 0 Å². The largest absolute Gasteiger partial charge is 0.412 e. The van der Waals surface area contributed by atoms with E-state index in [-0.39, 0.29) is 21.8 Å². The van der Waals surface area contributed by atoms with Gasteiger partial charge in [0.1, 0.15) is 13.7 Å². The van der Waals surface area contributed by atoms with E-state index < -0.39 is 0 Å². The zero-order valence-electron chi connectivity index (χ0n) is 5.99. The van der Waals surface area contributed by atoms with Crippen molar-refractivity contribution in [3.05, 3.63) is 29.0 Å². The van der Waals surface area contributed by atoms with E-state index in [1.807, 2.05) is 7.85 Å². The van der Waals surface area contributed by atoms with Gasteiger partial charge in [0.2, 0.25) is 0 Å². The molecule has 0 radical (unpaired) electrons. The molecule has 1 rings (SSSR count). The Morgan fingerprint density at radius 2 is 1.82 bits per heavy atom. The van der Waals surface area contributed by atoms with Gasteiger partial charge in [0.05, 0.1) is 5.02 Å². The van der Waals surface area contributed by atoms with Crippen LogP contribution in [0.25, 0.3) is 0 Å². The summed E-state index contributed by atoms with van der Waals surface area (Å²) in [5.74, 6) is -0.350. The third-order valence-corrected chi connectivity index (χ3v) is 1.38. The molecule has 0 bridgehead atoms. The van der Waals surface area contributed by atoms with Gasteiger partial charge in [-0.25, -0.2) is 4.39 Å². The van der Waals surface area contributed by atoms with Gasteiger partial charge >= 0.3 is 0 Å². The van der Waals surface area contributed by atoms with Crippen LogP contribution in [0.3, 0.4) is 0 Å². The first kappa shape index (κ1) is 13.0. The normalized spacial score (nSPS) is 7.82. The molecule has 0 amide bonds. The number of hydrogen-bond acceptors (Lipinski definition) is 0. The highest BCUT2D eigenvalue weighted by molar-refractivity contribution is 6.34. The number of rotatable bonds is 0. The predicted octanol–water partition coefficient (Wildman–Crippen LogP) is -0.912. The molecule has 0 saturated carbocycles. The lowest BCUT2D eigenvalue weighted by Crippen LogP contribution is -2.01. The molecule has 0 atom stereocenters. The van der Waals surface area contributed by atoms with Crippen LogP contribution in [0, 0.1) is 5.82 Å². The first-order valence-electron chi connectivity index (χ1n) is 2.62. The molecule has 0 spiro atoms. The summed E-state index contributed by atoms with van der Waals surface area (Å²) in [6, 6.07) is 4.72. The third kappa shape index (κ3) is 3.37. The lowest BCUT2D eigenvalue weighted by atomic mass is 9.97. The SMILES string of the molecule is Bc1ccc(Cl)c(F)c1.O.O. The predicted molar refractivity (Wildman–Crippen MR) is 46.8 cm³/mol. The van der Waals surface area contributed by atoms with Gasteiger partial charge in [0, 0.05) is 0 Å². The Balaban J connectivity index is 0. The quantitative estimate of drug-likeness (QED) is 0.462.